The molecule has 0 radical (unpaired) electrons. The summed E-state index contributed by atoms with van der Waals surface area (Å²) >= 11 is 6.49. The molecular weight excluding hydrogens is 494 g/mol. The molecular formula is C27H32ClF4N3O. The van der Waals surface area contributed by atoms with Crippen molar-refractivity contribution in [2.24, 2.45) is 0 Å². The summed E-state index contributed by atoms with van der Waals surface area (Å²) in [4.78, 5) is 17.4. The molecule has 1 aliphatic carbocycles. The Morgan fingerprint density at radius 3 is 2.42 bits per heavy atom. The summed E-state index contributed by atoms with van der Waals surface area (Å²) in [5, 5.41) is 2.78. The first kappa shape index (κ1) is 26.9. The van der Waals surface area contributed by atoms with Crippen LogP contribution in [0.25, 0.3) is 11.1 Å². The van der Waals surface area contributed by atoms with E-state index in [4.69, 9.17) is 11.6 Å². The van der Waals surface area contributed by atoms with Gasteiger partial charge in [0.05, 0.1) is 11.4 Å². The van der Waals surface area contributed by atoms with Gasteiger partial charge in [0, 0.05) is 56.3 Å². The highest BCUT2D eigenvalue weighted by Crippen LogP contribution is 2.37. The minimum absolute atomic E-state index is 0.161. The number of carbonyl (C=O) groups is 1. The summed E-state index contributed by atoms with van der Waals surface area (Å²) in [5.74, 6) is -5.07. The number of piperazine rings is 1. The van der Waals surface area contributed by atoms with E-state index in [2.05, 4.69) is 29.0 Å². The second-order valence-corrected chi connectivity index (χ2v) is 10.4. The number of hydrogen-bond donors (Lipinski definition) is 1. The maximum absolute atomic E-state index is 15.1. The van der Waals surface area contributed by atoms with Gasteiger partial charge in [-0.1, -0.05) is 29.8 Å². The van der Waals surface area contributed by atoms with E-state index in [-0.39, 0.29) is 23.4 Å². The maximum atomic E-state index is 15.1. The number of alkyl halides is 2. The van der Waals surface area contributed by atoms with E-state index in [1.54, 1.807) is 18.2 Å². The summed E-state index contributed by atoms with van der Waals surface area (Å²) < 4.78 is 57.6. The van der Waals surface area contributed by atoms with E-state index >= 15 is 8.78 Å². The van der Waals surface area contributed by atoms with Crippen LogP contribution in [0.4, 0.5) is 17.6 Å². The fourth-order valence-corrected chi connectivity index (χ4v) is 5.68. The van der Waals surface area contributed by atoms with Crippen LogP contribution in [-0.4, -0.2) is 65.9 Å². The largest absolute Gasteiger partial charge is 0.345 e. The normalized spacial score (nSPS) is 23.1. The molecule has 2 aromatic rings. The van der Waals surface area contributed by atoms with Crippen molar-refractivity contribution in [3.05, 3.63) is 58.6 Å². The first-order valence-corrected chi connectivity index (χ1v) is 12.8. The zero-order valence-electron chi connectivity index (χ0n) is 20.5. The Bertz CT molecular complexity index is 1070. The molecule has 0 aromatic heterocycles. The average Bonchev–Trinajstić information content (AvgIpc) is 2.81. The lowest BCUT2D eigenvalue weighted by molar-refractivity contribution is -0.133. The van der Waals surface area contributed by atoms with Gasteiger partial charge in [0.25, 0.3) is 5.92 Å². The summed E-state index contributed by atoms with van der Waals surface area (Å²) in [7, 11) is 0. The van der Waals surface area contributed by atoms with Crippen molar-refractivity contribution in [3.8, 4) is 11.1 Å². The summed E-state index contributed by atoms with van der Waals surface area (Å²) in [6.45, 7) is 7.23. The van der Waals surface area contributed by atoms with E-state index in [9.17, 15) is 13.6 Å². The van der Waals surface area contributed by atoms with E-state index in [0.29, 0.717) is 43.1 Å². The van der Waals surface area contributed by atoms with Crippen LogP contribution in [0.3, 0.4) is 0 Å². The van der Waals surface area contributed by atoms with Gasteiger partial charge in [0.2, 0.25) is 5.91 Å². The van der Waals surface area contributed by atoms with Gasteiger partial charge in [0.1, 0.15) is 17.7 Å². The van der Waals surface area contributed by atoms with Crippen LogP contribution >= 0.6 is 11.6 Å². The number of hydrogen-bond acceptors (Lipinski definition) is 3. The molecule has 1 N–H and O–H groups in total. The number of benzene rings is 2. The SMILES string of the molecule is CC(C)N1CCN([C@H]2CCCC(F)(F)[C@@H]2NC(=O)Cc2cccc(-c3cc(F)cc(F)c3)c2Cl)CC1. The molecule has 0 bridgehead atoms. The molecule has 196 valence electrons. The Hall–Kier alpha value is -2.16. The smallest absolute Gasteiger partial charge is 0.269 e. The van der Waals surface area contributed by atoms with Crippen molar-refractivity contribution in [2.75, 3.05) is 26.2 Å². The van der Waals surface area contributed by atoms with Crippen LogP contribution in [0.2, 0.25) is 5.02 Å². The van der Waals surface area contributed by atoms with Crippen molar-refractivity contribution in [3.63, 3.8) is 0 Å². The number of amides is 1. The lowest BCUT2D eigenvalue weighted by atomic mass is 9.85. The van der Waals surface area contributed by atoms with Gasteiger partial charge >= 0.3 is 0 Å². The third-order valence-corrected chi connectivity index (χ3v) is 7.76. The zero-order valence-corrected chi connectivity index (χ0v) is 21.3. The number of rotatable bonds is 6. The number of nitrogens with zero attached hydrogens (tertiary/aromatic N) is 2. The molecule has 0 unspecified atom stereocenters. The number of carbonyl (C=O) groups excluding carboxylic acids is 1. The predicted octanol–water partition coefficient (Wildman–Crippen LogP) is 5.53. The monoisotopic (exact) mass is 525 g/mol. The van der Waals surface area contributed by atoms with Gasteiger partial charge in [-0.25, -0.2) is 17.6 Å². The molecule has 2 fully saturated rings. The molecule has 2 aromatic carbocycles. The van der Waals surface area contributed by atoms with Crippen LogP contribution in [0, 0.1) is 11.6 Å². The van der Waals surface area contributed by atoms with Crippen LogP contribution < -0.4 is 5.32 Å². The Balaban J connectivity index is 1.49. The first-order chi connectivity index (χ1) is 17.0. The molecule has 4 nitrogen and oxygen atoms in total. The third-order valence-electron chi connectivity index (χ3n) is 7.32. The van der Waals surface area contributed by atoms with E-state index in [1.807, 2.05) is 0 Å². The van der Waals surface area contributed by atoms with Crippen molar-refractivity contribution in [1.82, 2.24) is 15.1 Å². The van der Waals surface area contributed by atoms with Crippen LogP contribution in [0.1, 0.15) is 38.7 Å². The van der Waals surface area contributed by atoms with Crippen molar-refractivity contribution >= 4 is 17.5 Å². The summed E-state index contributed by atoms with van der Waals surface area (Å²) in [6, 6.07) is 6.58. The lowest BCUT2D eigenvalue weighted by Gasteiger charge is -2.47. The van der Waals surface area contributed by atoms with Crippen LogP contribution in [0.5, 0.6) is 0 Å². The second kappa shape index (κ2) is 11.1. The van der Waals surface area contributed by atoms with Crippen molar-refractivity contribution in [1.29, 1.82) is 0 Å². The van der Waals surface area contributed by atoms with Crippen LogP contribution in [0.15, 0.2) is 36.4 Å². The lowest BCUT2D eigenvalue weighted by Crippen LogP contribution is -2.64. The Labute approximate surface area is 214 Å². The molecule has 1 saturated heterocycles. The fourth-order valence-electron chi connectivity index (χ4n) is 5.38. The minimum Gasteiger partial charge on any atom is -0.345 e. The summed E-state index contributed by atoms with van der Waals surface area (Å²) in [6.07, 6.45) is 0.531. The highest BCUT2D eigenvalue weighted by Gasteiger charge is 2.49. The van der Waals surface area contributed by atoms with E-state index in [0.717, 1.165) is 31.3 Å². The van der Waals surface area contributed by atoms with E-state index < -0.39 is 35.5 Å². The molecule has 1 aliphatic heterocycles. The molecule has 4 rings (SSSR count). The highest BCUT2D eigenvalue weighted by atomic mass is 35.5. The van der Waals surface area contributed by atoms with Gasteiger partial charge in [-0.05, 0) is 49.9 Å². The zero-order chi connectivity index (χ0) is 26.0. The van der Waals surface area contributed by atoms with Crippen molar-refractivity contribution in [2.45, 2.75) is 63.6 Å². The molecule has 9 heteroatoms. The van der Waals surface area contributed by atoms with Gasteiger partial charge in [-0.15, -0.1) is 0 Å². The number of nitrogens with one attached hydrogen (secondary N) is 1. The van der Waals surface area contributed by atoms with Crippen LogP contribution in [-0.2, 0) is 11.2 Å². The Kier molecular flexibility index (Phi) is 8.27. The standard InChI is InChI=1S/C27H32ClF4N3O/c1-17(2)34-9-11-35(12-10-34)23-7-4-8-27(31,32)26(23)33-24(36)15-18-5-3-6-22(25(18)28)19-13-20(29)16-21(30)14-19/h3,5-6,13-14,16-17,23,26H,4,7-12,15H2,1-2H3,(H,33,36)/t23-,26+/m0/s1. The third kappa shape index (κ3) is 6.03. The molecule has 0 spiro atoms. The minimum atomic E-state index is -3.02. The number of halogens is 5. The highest BCUT2D eigenvalue weighted by molar-refractivity contribution is 6.34. The molecule has 1 saturated carbocycles. The first-order valence-electron chi connectivity index (χ1n) is 12.4. The molecule has 2 atom stereocenters. The predicted molar refractivity (Wildman–Crippen MR) is 133 cm³/mol. The maximum Gasteiger partial charge on any atom is 0.269 e. The molecule has 36 heavy (non-hydrogen) atoms. The second-order valence-electron chi connectivity index (χ2n) is 10.0. The Morgan fingerprint density at radius 1 is 1.11 bits per heavy atom. The average molecular weight is 526 g/mol. The molecule has 2 aliphatic rings. The molecule has 1 amide bonds. The molecule has 1 heterocycles. The quantitative estimate of drug-likeness (QED) is 0.504. The van der Waals surface area contributed by atoms with Crippen molar-refractivity contribution < 1.29 is 22.4 Å². The van der Waals surface area contributed by atoms with E-state index in [1.165, 1.54) is 0 Å². The van der Waals surface area contributed by atoms with Gasteiger partial charge in [-0.3, -0.25) is 14.6 Å². The van der Waals surface area contributed by atoms with Gasteiger partial charge in [0.15, 0.2) is 0 Å². The van der Waals surface area contributed by atoms with Gasteiger partial charge in [-0.2, -0.15) is 0 Å². The van der Waals surface area contributed by atoms with Gasteiger partial charge < -0.3 is 5.32 Å². The fraction of sp³-hybridized carbons (Fsp3) is 0.519. The Morgan fingerprint density at radius 2 is 1.78 bits per heavy atom. The summed E-state index contributed by atoms with van der Waals surface area (Å²) in [5.41, 5.74) is 1.00. The topological polar surface area (TPSA) is 35.6 Å².